The summed E-state index contributed by atoms with van der Waals surface area (Å²) in [5.74, 6) is 0.365. The molecule has 2 unspecified atom stereocenters. The monoisotopic (exact) mass is 281 g/mol. The van der Waals surface area contributed by atoms with Gasteiger partial charge >= 0.3 is 0 Å². The minimum atomic E-state index is -3.60. The molecule has 0 heterocycles. The lowest BCUT2D eigenvalue weighted by Crippen LogP contribution is -2.50. The SMILES string of the molecule is C=CS(=O)(=O)NC1(CO)CCC(C)c2ccccc21. The van der Waals surface area contributed by atoms with Gasteiger partial charge in [-0.3, -0.25) is 0 Å². The number of rotatable bonds is 4. The van der Waals surface area contributed by atoms with Crippen molar-refractivity contribution < 1.29 is 13.5 Å². The minimum absolute atomic E-state index is 0.260. The Morgan fingerprint density at radius 1 is 1.53 bits per heavy atom. The topological polar surface area (TPSA) is 66.4 Å². The first-order valence-corrected chi connectivity index (χ1v) is 7.85. The Morgan fingerprint density at radius 3 is 2.84 bits per heavy atom. The van der Waals surface area contributed by atoms with Crippen LogP contribution in [-0.2, 0) is 15.6 Å². The molecular weight excluding hydrogens is 262 g/mol. The summed E-state index contributed by atoms with van der Waals surface area (Å²) < 4.78 is 26.2. The number of sulfonamides is 1. The number of aliphatic hydroxyl groups is 1. The van der Waals surface area contributed by atoms with Crippen molar-refractivity contribution in [1.82, 2.24) is 4.72 Å². The highest BCUT2D eigenvalue weighted by atomic mass is 32.2. The fraction of sp³-hybridized carbons (Fsp3) is 0.429. The Bertz CT molecular complexity index is 582. The van der Waals surface area contributed by atoms with E-state index in [-0.39, 0.29) is 6.61 Å². The molecule has 19 heavy (non-hydrogen) atoms. The van der Waals surface area contributed by atoms with E-state index in [1.165, 1.54) is 0 Å². The van der Waals surface area contributed by atoms with Gasteiger partial charge in [0, 0.05) is 5.41 Å². The van der Waals surface area contributed by atoms with Gasteiger partial charge in [0.25, 0.3) is 0 Å². The zero-order valence-electron chi connectivity index (χ0n) is 11.0. The highest BCUT2D eigenvalue weighted by molar-refractivity contribution is 7.92. The zero-order chi connectivity index (χ0) is 14.1. The molecular formula is C14H19NO3S. The van der Waals surface area contributed by atoms with Crippen LogP contribution in [0.5, 0.6) is 0 Å². The van der Waals surface area contributed by atoms with Crippen LogP contribution in [0.4, 0.5) is 0 Å². The van der Waals surface area contributed by atoms with E-state index in [1.54, 1.807) is 0 Å². The second kappa shape index (κ2) is 5.07. The van der Waals surface area contributed by atoms with Crippen molar-refractivity contribution in [2.75, 3.05) is 6.61 Å². The Labute approximate surface area is 114 Å². The normalized spacial score (nSPS) is 26.7. The summed E-state index contributed by atoms with van der Waals surface area (Å²) in [6.07, 6.45) is 1.41. The van der Waals surface area contributed by atoms with Gasteiger partial charge in [0.1, 0.15) is 0 Å². The molecule has 2 N–H and O–H groups in total. The minimum Gasteiger partial charge on any atom is -0.394 e. The summed E-state index contributed by atoms with van der Waals surface area (Å²) in [6, 6.07) is 7.67. The first-order chi connectivity index (χ1) is 8.94. The van der Waals surface area contributed by atoms with Crippen LogP contribution >= 0.6 is 0 Å². The Morgan fingerprint density at radius 2 is 2.21 bits per heavy atom. The maximum atomic E-state index is 11.8. The molecule has 4 nitrogen and oxygen atoms in total. The number of hydrogen-bond donors (Lipinski definition) is 2. The summed E-state index contributed by atoms with van der Waals surface area (Å²) in [5, 5.41) is 10.7. The Hall–Kier alpha value is -1.17. The number of benzene rings is 1. The van der Waals surface area contributed by atoms with Gasteiger partial charge in [-0.25, -0.2) is 8.42 Å². The van der Waals surface area contributed by atoms with Crippen LogP contribution in [0, 0.1) is 0 Å². The van der Waals surface area contributed by atoms with Crippen molar-refractivity contribution in [3.8, 4) is 0 Å². The lowest BCUT2D eigenvalue weighted by atomic mass is 9.73. The molecule has 1 aliphatic carbocycles. The summed E-state index contributed by atoms with van der Waals surface area (Å²) in [5.41, 5.74) is 1.02. The lowest BCUT2D eigenvalue weighted by molar-refractivity contribution is 0.160. The number of fused-ring (bicyclic) bond motifs is 1. The summed E-state index contributed by atoms with van der Waals surface area (Å²) in [7, 11) is -3.60. The number of hydrogen-bond acceptors (Lipinski definition) is 3. The average molecular weight is 281 g/mol. The van der Waals surface area contributed by atoms with Gasteiger partial charge in [0.15, 0.2) is 0 Å². The first kappa shape index (κ1) is 14.2. The molecule has 0 amide bonds. The van der Waals surface area contributed by atoms with Gasteiger partial charge in [-0.1, -0.05) is 37.8 Å². The third kappa shape index (κ3) is 2.59. The molecule has 0 aliphatic heterocycles. The van der Waals surface area contributed by atoms with Crippen molar-refractivity contribution in [3.63, 3.8) is 0 Å². The van der Waals surface area contributed by atoms with Gasteiger partial charge in [-0.15, -0.1) is 0 Å². The molecule has 0 spiro atoms. The van der Waals surface area contributed by atoms with Crippen molar-refractivity contribution >= 4 is 10.0 Å². The van der Waals surface area contributed by atoms with Gasteiger partial charge in [-0.05, 0) is 29.9 Å². The van der Waals surface area contributed by atoms with E-state index in [4.69, 9.17) is 0 Å². The molecule has 2 rings (SSSR count). The van der Waals surface area contributed by atoms with E-state index in [2.05, 4.69) is 18.2 Å². The van der Waals surface area contributed by atoms with Crippen LogP contribution in [0.1, 0.15) is 36.8 Å². The molecule has 1 aromatic carbocycles. The van der Waals surface area contributed by atoms with Crippen LogP contribution in [0.2, 0.25) is 0 Å². The molecule has 0 fully saturated rings. The zero-order valence-corrected chi connectivity index (χ0v) is 11.8. The molecule has 0 saturated heterocycles. The van der Waals surface area contributed by atoms with E-state index in [0.717, 1.165) is 23.0 Å². The predicted octanol–water partition coefficient (Wildman–Crippen LogP) is 1.83. The highest BCUT2D eigenvalue weighted by Gasteiger charge is 2.40. The van der Waals surface area contributed by atoms with Crippen molar-refractivity contribution in [2.45, 2.75) is 31.2 Å². The van der Waals surface area contributed by atoms with Crippen LogP contribution in [-0.4, -0.2) is 20.1 Å². The predicted molar refractivity (Wildman–Crippen MR) is 75.1 cm³/mol. The second-order valence-corrected chi connectivity index (χ2v) is 6.71. The summed E-state index contributed by atoms with van der Waals surface area (Å²) >= 11 is 0. The molecule has 0 bridgehead atoms. The molecule has 0 radical (unpaired) electrons. The molecule has 0 saturated carbocycles. The third-order valence-electron chi connectivity index (χ3n) is 3.84. The van der Waals surface area contributed by atoms with E-state index in [1.807, 2.05) is 24.3 Å². The van der Waals surface area contributed by atoms with E-state index < -0.39 is 15.6 Å². The van der Waals surface area contributed by atoms with Crippen LogP contribution in [0.25, 0.3) is 0 Å². The van der Waals surface area contributed by atoms with Crippen LogP contribution < -0.4 is 4.72 Å². The Kier molecular flexibility index (Phi) is 3.80. The average Bonchev–Trinajstić information content (AvgIpc) is 2.42. The maximum absolute atomic E-state index is 11.8. The molecule has 5 heteroatoms. The fourth-order valence-electron chi connectivity index (χ4n) is 2.73. The summed E-state index contributed by atoms with van der Waals surface area (Å²) in [4.78, 5) is 0. The first-order valence-electron chi connectivity index (χ1n) is 6.31. The van der Waals surface area contributed by atoms with Gasteiger partial charge < -0.3 is 5.11 Å². The standard InChI is InChI=1S/C14H19NO3S/c1-3-19(17,18)15-14(10-16)9-8-11(2)12-6-4-5-7-13(12)14/h3-7,11,15-16H,1,8-10H2,2H3. The molecule has 0 aromatic heterocycles. The largest absolute Gasteiger partial charge is 0.394 e. The van der Waals surface area contributed by atoms with Crippen LogP contribution in [0.15, 0.2) is 36.3 Å². The van der Waals surface area contributed by atoms with Crippen molar-refractivity contribution in [2.24, 2.45) is 0 Å². The molecule has 104 valence electrons. The molecule has 2 atom stereocenters. The number of nitrogens with one attached hydrogen (secondary N) is 1. The smallest absolute Gasteiger partial charge is 0.234 e. The van der Waals surface area contributed by atoms with Crippen molar-refractivity contribution in [1.29, 1.82) is 0 Å². The van der Waals surface area contributed by atoms with E-state index in [0.29, 0.717) is 12.3 Å². The fourth-order valence-corrected chi connectivity index (χ4v) is 3.64. The quantitative estimate of drug-likeness (QED) is 0.885. The van der Waals surface area contributed by atoms with E-state index in [9.17, 15) is 13.5 Å². The van der Waals surface area contributed by atoms with Gasteiger partial charge in [0.2, 0.25) is 10.0 Å². The third-order valence-corrected chi connectivity index (χ3v) is 4.95. The Balaban J connectivity index is 2.53. The van der Waals surface area contributed by atoms with E-state index >= 15 is 0 Å². The maximum Gasteiger partial charge on any atom is 0.234 e. The van der Waals surface area contributed by atoms with Gasteiger partial charge in [-0.2, -0.15) is 4.72 Å². The second-order valence-electron chi connectivity index (χ2n) is 5.08. The van der Waals surface area contributed by atoms with Gasteiger partial charge in [0.05, 0.1) is 12.1 Å². The highest BCUT2D eigenvalue weighted by Crippen LogP contribution is 2.41. The molecule has 1 aliphatic rings. The van der Waals surface area contributed by atoms with Crippen LogP contribution in [0.3, 0.4) is 0 Å². The number of aliphatic hydroxyl groups excluding tert-OH is 1. The summed E-state index contributed by atoms with van der Waals surface area (Å²) in [6.45, 7) is 5.16. The molecule has 1 aromatic rings. The lowest BCUT2D eigenvalue weighted by Gasteiger charge is -2.40. The van der Waals surface area contributed by atoms with Crippen molar-refractivity contribution in [3.05, 3.63) is 47.4 Å².